The number of rotatable bonds is 4. The van der Waals surface area contributed by atoms with Gasteiger partial charge in [-0.2, -0.15) is 0 Å². The Morgan fingerprint density at radius 1 is 1.04 bits per heavy atom. The van der Waals surface area contributed by atoms with Crippen molar-refractivity contribution in [2.75, 3.05) is 6.54 Å². The van der Waals surface area contributed by atoms with E-state index in [1.165, 1.54) is 38.5 Å². The molecule has 1 aromatic rings. The molecule has 0 unspecified atom stereocenters. The van der Waals surface area contributed by atoms with E-state index in [4.69, 9.17) is 0 Å². The van der Waals surface area contributed by atoms with E-state index in [1.807, 2.05) is 26.0 Å². The Morgan fingerprint density at radius 3 is 2.17 bits per heavy atom. The molecule has 0 atom stereocenters. The van der Waals surface area contributed by atoms with Crippen LogP contribution in [-0.2, 0) is 10.0 Å². The van der Waals surface area contributed by atoms with Gasteiger partial charge in [-0.3, -0.25) is 0 Å². The van der Waals surface area contributed by atoms with Gasteiger partial charge in [-0.05, 0) is 92.7 Å². The summed E-state index contributed by atoms with van der Waals surface area (Å²) in [5, 5.41) is 0. The van der Waals surface area contributed by atoms with Crippen molar-refractivity contribution in [2.24, 2.45) is 23.2 Å². The quantitative estimate of drug-likeness (QED) is 0.911. The van der Waals surface area contributed by atoms with E-state index in [2.05, 4.69) is 4.72 Å². The van der Waals surface area contributed by atoms with Gasteiger partial charge in [0.25, 0.3) is 0 Å². The van der Waals surface area contributed by atoms with Crippen LogP contribution in [0.5, 0.6) is 0 Å². The molecular weight excluding hydrogens is 306 g/mol. The second kappa shape index (κ2) is 5.32. The SMILES string of the molecule is Cc1ccc(C)c(S(=O)(=O)NCC23CC4CC(CC(C4)C2)C3)c1. The average molecular weight is 333 g/mol. The molecule has 0 radical (unpaired) electrons. The maximum atomic E-state index is 12.8. The summed E-state index contributed by atoms with van der Waals surface area (Å²) >= 11 is 0. The first-order valence-electron chi connectivity index (χ1n) is 8.92. The molecule has 23 heavy (non-hydrogen) atoms. The summed E-state index contributed by atoms with van der Waals surface area (Å²) in [7, 11) is -3.41. The molecule has 5 rings (SSSR count). The first kappa shape index (κ1) is 15.6. The Labute approximate surface area is 139 Å². The predicted molar refractivity (Wildman–Crippen MR) is 91.7 cm³/mol. The lowest BCUT2D eigenvalue weighted by Gasteiger charge is -2.56. The number of nitrogens with one attached hydrogen (secondary N) is 1. The lowest BCUT2D eigenvalue weighted by molar-refractivity contribution is -0.0487. The molecule has 0 aromatic heterocycles. The van der Waals surface area contributed by atoms with Crippen LogP contribution in [0.4, 0.5) is 0 Å². The van der Waals surface area contributed by atoms with Gasteiger partial charge in [0.05, 0.1) is 4.90 Å². The third-order valence-electron chi connectivity index (χ3n) is 6.44. The van der Waals surface area contributed by atoms with Crippen LogP contribution in [-0.4, -0.2) is 15.0 Å². The fourth-order valence-electron chi connectivity index (χ4n) is 5.83. The van der Waals surface area contributed by atoms with Gasteiger partial charge in [0.1, 0.15) is 0 Å². The fraction of sp³-hybridized carbons (Fsp3) is 0.684. The van der Waals surface area contributed by atoms with Crippen molar-refractivity contribution in [1.29, 1.82) is 0 Å². The summed E-state index contributed by atoms with van der Waals surface area (Å²) in [6.45, 7) is 4.45. The van der Waals surface area contributed by atoms with E-state index in [0.717, 1.165) is 28.9 Å². The maximum Gasteiger partial charge on any atom is 0.240 e. The number of hydrogen-bond donors (Lipinski definition) is 1. The molecule has 4 fully saturated rings. The minimum Gasteiger partial charge on any atom is -0.211 e. The summed E-state index contributed by atoms with van der Waals surface area (Å²) in [5.41, 5.74) is 2.05. The molecule has 0 amide bonds. The van der Waals surface area contributed by atoms with Crippen LogP contribution in [0.2, 0.25) is 0 Å². The molecule has 4 aliphatic carbocycles. The van der Waals surface area contributed by atoms with E-state index in [-0.39, 0.29) is 5.41 Å². The first-order valence-corrected chi connectivity index (χ1v) is 10.4. The van der Waals surface area contributed by atoms with Crippen molar-refractivity contribution >= 4 is 10.0 Å². The zero-order valence-corrected chi connectivity index (χ0v) is 15.0. The zero-order valence-electron chi connectivity index (χ0n) is 14.1. The van der Waals surface area contributed by atoms with E-state index in [9.17, 15) is 8.42 Å². The topological polar surface area (TPSA) is 46.2 Å². The molecule has 0 heterocycles. The van der Waals surface area contributed by atoms with Crippen molar-refractivity contribution in [1.82, 2.24) is 4.72 Å². The standard InChI is InChI=1S/C19H27NO2S/c1-13-3-4-14(2)18(5-13)23(21,22)20-12-19-9-15-6-16(10-19)8-17(7-15)11-19/h3-5,15-17,20H,6-12H2,1-2H3. The van der Waals surface area contributed by atoms with Gasteiger partial charge < -0.3 is 0 Å². The van der Waals surface area contributed by atoms with E-state index in [1.54, 1.807) is 6.07 Å². The fourth-order valence-corrected chi connectivity index (χ4v) is 7.31. The summed E-state index contributed by atoms with van der Waals surface area (Å²) in [5.74, 6) is 2.56. The smallest absolute Gasteiger partial charge is 0.211 e. The van der Waals surface area contributed by atoms with Crippen molar-refractivity contribution < 1.29 is 8.42 Å². The Kier molecular flexibility index (Phi) is 3.62. The van der Waals surface area contributed by atoms with Crippen LogP contribution in [0.1, 0.15) is 49.7 Å². The summed E-state index contributed by atoms with van der Waals surface area (Å²) in [6, 6.07) is 5.65. The molecule has 4 aliphatic rings. The molecular formula is C19H27NO2S. The molecule has 4 bridgehead atoms. The van der Waals surface area contributed by atoms with Gasteiger partial charge in [0.15, 0.2) is 0 Å². The number of benzene rings is 1. The van der Waals surface area contributed by atoms with Gasteiger partial charge in [-0.25, -0.2) is 13.1 Å². The van der Waals surface area contributed by atoms with Crippen LogP contribution in [0.25, 0.3) is 0 Å². The normalized spacial score (nSPS) is 35.7. The van der Waals surface area contributed by atoms with Crippen molar-refractivity contribution in [2.45, 2.75) is 57.3 Å². The van der Waals surface area contributed by atoms with E-state index < -0.39 is 10.0 Å². The number of sulfonamides is 1. The summed E-state index contributed by atoms with van der Waals surface area (Å²) < 4.78 is 28.5. The van der Waals surface area contributed by atoms with Crippen molar-refractivity contribution in [3.8, 4) is 0 Å². The van der Waals surface area contributed by atoms with Crippen LogP contribution >= 0.6 is 0 Å². The molecule has 4 saturated carbocycles. The number of aryl methyl sites for hydroxylation is 2. The zero-order chi connectivity index (χ0) is 16.2. The lowest BCUT2D eigenvalue weighted by atomic mass is 9.50. The molecule has 0 aliphatic heterocycles. The third kappa shape index (κ3) is 2.85. The highest BCUT2D eigenvalue weighted by molar-refractivity contribution is 7.89. The van der Waals surface area contributed by atoms with Crippen LogP contribution in [0, 0.1) is 37.0 Å². The predicted octanol–water partition coefficient (Wildman–Crippen LogP) is 3.80. The van der Waals surface area contributed by atoms with Crippen molar-refractivity contribution in [3.63, 3.8) is 0 Å². The van der Waals surface area contributed by atoms with Gasteiger partial charge in [-0.1, -0.05) is 12.1 Å². The first-order chi connectivity index (χ1) is 10.9. The highest BCUT2D eigenvalue weighted by atomic mass is 32.2. The lowest BCUT2D eigenvalue weighted by Crippen LogP contribution is -2.51. The molecule has 4 heteroatoms. The maximum absolute atomic E-state index is 12.8. The molecule has 1 N–H and O–H groups in total. The Balaban J connectivity index is 1.53. The minimum absolute atomic E-state index is 0.236. The highest BCUT2D eigenvalue weighted by Gasteiger charge is 2.50. The average Bonchev–Trinajstić information content (AvgIpc) is 2.47. The Bertz CT molecular complexity index is 688. The van der Waals surface area contributed by atoms with Crippen LogP contribution in [0.3, 0.4) is 0 Å². The molecule has 126 valence electrons. The van der Waals surface area contributed by atoms with Gasteiger partial charge in [-0.15, -0.1) is 0 Å². The van der Waals surface area contributed by atoms with Gasteiger partial charge in [0.2, 0.25) is 10.0 Å². The highest BCUT2D eigenvalue weighted by Crippen LogP contribution is 2.59. The second-order valence-electron chi connectivity index (χ2n) is 8.51. The molecule has 0 saturated heterocycles. The molecule has 3 nitrogen and oxygen atoms in total. The Hall–Kier alpha value is -0.870. The summed E-state index contributed by atoms with van der Waals surface area (Å²) in [4.78, 5) is 0.447. The van der Waals surface area contributed by atoms with E-state index >= 15 is 0 Å². The van der Waals surface area contributed by atoms with Gasteiger partial charge >= 0.3 is 0 Å². The minimum atomic E-state index is -3.41. The van der Waals surface area contributed by atoms with Crippen LogP contribution in [0.15, 0.2) is 23.1 Å². The molecule has 1 aromatic carbocycles. The Morgan fingerprint density at radius 2 is 1.61 bits per heavy atom. The number of hydrogen-bond acceptors (Lipinski definition) is 2. The monoisotopic (exact) mass is 333 g/mol. The van der Waals surface area contributed by atoms with Crippen LogP contribution < -0.4 is 4.72 Å². The largest absolute Gasteiger partial charge is 0.240 e. The second-order valence-corrected chi connectivity index (χ2v) is 10.2. The third-order valence-corrected chi connectivity index (χ3v) is 7.98. The molecule has 0 spiro atoms. The van der Waals surface area contributed by atoms with E-state index in [0.29, 0.717) is 11.4 Å². The summed E-state index contributed by atoms with van der Waals surface area (Å²) in [6.07, 6.45) is 7.87. The van der Waals surface area contributed by atoms with Gasteiger partial charge in [0, 0.05) is 6.54 Å². The van der Waals surface area contributed by atoms with Crippen molar-refractivity contribution in [3.05, 3.63) is 29.3 Å².